The lowest BCUT2D eigenvalue weighted by Crippen LogP contribution is -2.33. The summed E-state index contributed by atoms with van der Waals surface area (Å²) in [7, 11) is 0. The summed E-state index contributed by atoms with van der Waals surface area (Å²) in [4.78, 5) is 41.8. The number of carbonyl (C=O) groups excluding carboxylic acids is 3. The van der Waals surface area contributed by atoms with Crippen molar-refractivity contribution in [3.63, 3.8) is 0 Å². The van der Waals surface area contributed by atoms with Crippen LogP contribution >= 0.6 is 39.7 Å². The first-order valence-electron chi connectivity index (χ1n) is 10.8. The van der Waals surface area contributed by atoms with Crippen molar-refractivity contribution in [2.45, 2.75) is 46.8 Å². The van der Waals surface area contributed by atoms with Crippen molar-refractivity contribution in [2.24, 2.45) is 16.3 Å². The van der Waals surface area contributed by atoms with E-state index >= 15 is 0 Å². The number of amides is 2. The number of anilines is 1. The van der Waals surface area contributed by atoms with Gasteiger partial charge in [-0.2, -0.15) is 4.99 Å². The fourth-order valence-electron chi connectivity index (χ4n) is 3.37. The van der Waals surface area contributed by atoms with E-state index in [-0.39, 0.29) is 42.3 Å². The third kappa shape index (κ3) is 8.33. The third-order valence-corrected chi connectivity index (χ3v) is 6.51. The van der Waals surface area contributed by atoms with Gasteiger partial charge in [-0.25, -0.2) is 0 Å². The first kappa shape index (κ1) is 28.2. The van der Waals surface area contributed by atoms with Gasteiger partial charge in [0.05, 0.1) is 11.6 Å². The topological polar surface area (TPSA) is 102 Å². The molecule has 0 radical (unpaired) electrons. The van der Waals surface area contributed by atoms with Gasteiger partial charge >= 0.3 is 5.97 Å². The van der Waals surface area contributed by atoms with E-state index in [9.17, 15) is 14.4 Å². The Kier molecular flexibility index (Phi) is 10.5. The summed E-state index contributed by atoms with van der Waals surface area (Å²) >= 11 is 4.71. The number of carbonyl (C=O) groups is 3. The zero-order valence-corrected chi connectivity index (χ0v) is 22.6. The van der Waals surface area contributed by atoms with Gasteiger partial charge in [-0.1, -0.05) is 20.8 Å². The number of thiazole rings is 1. The van der Waals surface area contributed by atoms with Crippen molar-refractivity contribution < 1.29 is 19.1 Å². The fraction of sp³-hybridized carbons (Fsp3) is 0.478. The predicted molar refractivity (Wildman–Crippen MR) is 138 cm³/mol. The highest BCUT2D eigenvalue weighted by Crippen LogP contribution is 2.26. The van der Waals surface area contributed by atoms with Gasteiger partial charge in [0, 0.05) is 28.0 Å². The van der Waals surface area contributed by atoms with Crippen molar-refractivity contribution in [1.82, 2.24) is 9.88 Å². The fourth-order valence-corrected chi connectivity index (χ4v) is 4.56. The molecule has 11 heteroatoms. The molecular weight excluding hydrogens is 544 g/mol. The van der Waals surface area contributed by atoms with Crippen LogP contribution in [0.4, 0.5) is 5.69 Å². The molecule has 1 fully saturated rings. The molecule has 2 heterocycles. The summed E-state index contributed by atoms with van der Waals surface area (Å²) in [5.41, 5.74) is 0.850. The Morgan fingerprint density at radius 3 is 2.62 bits per heavy atom. The van der Waals surface area contributed by atoms with Gasteiger partial charge in [0.1, 0.15) is 0 Å². The maximum atomic E-state index is 12.7. The van der Waals surface area contributed by atoms with E-state index in [0.717, 1.165) is 25.9 Å². The maximum Gasteiger partial charge on any atom is 0.310 e. The summed E-state index contributed by atoms with van der Waals surface area (Å²) in [6, 6.07) is 4.93. The quantitative estimate of drug-likeness (QED) is 0.501. The Morgan fingerprint density at radius 2 is 1.97 bits per heavy atom. The van der Waals surface area contributed by atoms with E-state index in [4.69, 9.17) is 4.74 Å². The molecule has 1 saturated heterocycles. The van der Waals surface area contributed by atoms with Gasteiger partial charge in [-0.05, 0) is 65.5 Å². The molecule has 0 saturated carbocycles. The maximum absolute atomic E-state index is 12.7. The summed E-state index contributed by atoms with van der Waals surface area (Å²) in [5.74, 6) is -0.831. The highest BCUT2D eigenvalue weighted by atomic mass is 79.9. The SMILES string of the molecule is CC(C)(C)CC(=O)Nc1ccc(C(=O)/N=c2\sccn2COC(=O)C2CCNCC2)cc1Br.Cl. The van der Waals surface area contributed by atoms with Crippen molar-refractivity contribution >= 4 is 63.1 Å². The molecule has 0 atom stereocenters. The monoisotopic (exact) mass is 572 g/mol. The van der Waals surface area contributed by atoms with Crippen molar-refractivity contribution in [3.8, 4) is 0 Å². The van der Waals surface area contributed by atoms with E-state index in [2.05, 4.69) is 31.6 Å². The van der Waals surface area contributed by atoms with Crippen LogP contribution in [-0.2, 0) is 21.1 Å². The van der Waals surface area contributed by atoms with E-state index in [1.165, 1.54) is 11.3 Å². The van der Waals surface area contributed by atoms with E-state index in [1.54, 1.807) is 34.3 Å². The molecule has 2 aromatic rings. The predicted octanol–water partition coefficient (Wildman–Crippen LogP) is 4.35. The van der Waals surface area contributed by atoms with Crippen LogP contribution in [0.25, 0.3) is 0 Å². The number of rotatable bonds is 6. The molecule has 2 N–H and O–H groups in total. The number of aromatic nitrogens is 1. The molecule has 3 rings (SSSR count). The van der Waals surface area contributed by atoms with Crippen molar-refractivity contribution in [2.75, 3.05) is 18.4 Å². The average molecular weight is 574 g/mol. The first-order valence-corrected chi connectivity index (χ1v) is 12.5. The lowest BCUT2D eigenvalue weighted by molar-refractivity contribution is -0.153. The van der Waals surface area contributed by atoms with Crippen LogP contribution in [0.1, 0.15) is 50.4 Å². The Bertz CT molecular complexity index is 1090. The number of hydrogen-bond acceptors (Lipinski definition) is 6. The van der Waals surface area contributed by atoms with Crippen molar-refractivity contribution in [3.05, 3.63) is 44.6 Å². The molecule has 1 aromatic carbocycles. The molecule has 0 aliphatic carbocycles. The Balaban J connectivity index is 0.00000408. The largest absolute Gasteiger partial charge is 0.444 e. The second-order valence-electron chi connectivity index (χ2n) is 9.17. The second kappa shape index (κ2) is 12.6. The van der Waals surface area contributed by atoms with Gasteiger partial charge in [0.15, 0.2) is 11.5 Å². The summed E-state index contributed by atoms with van der Waals surface area (Å²) in [6.07, 6.45) is 3.65. The second-order valence-corrected chi connectivity index (χ2v) is 10.9. The number of piperidine rings is 1. The number of ether oxygens (including phenoxy) is 1. The highest BCUT2D eigenvalue weighted by molar-refractivity contribution is 9.10. The minimum Gasteiger partial charge on any atom is -0.444 e. The van der Waals surface area contributed by atoms with Crippen LogP contribution in [0, 0.1) is 11.3 Å². The molecule has 1 aliphatic heterocycles. The third-order valence-electron chi connectivity index (χ3n) is 5.06. The number of esters is 1. The van der Waals surface area contributed by atoms with Crippen molar-refractivity contribution in [1.29, 1.82) is 0 Å². The van der Waals surface area contributed by atoms with E-state index in [0.29, 0.717) is 26.9 Å². The molecule has 1 aromatic heterocycles. The molecule has 34 heavy (non-hydrogen) atoms. The van der Waals surface area contributed by atoms with Gasteiger partial charge in [0.25, 0.3) is 5.91 Å². The number of nitrogens with one attached hydrogen (secondary N) is 2. The number of halogens is 2. The Morgan fingerprint density at radius 1 is 1.26 bits per heavy atom. The zero-order valence-electron chi connectivity index (χ0n) is 19.4. The van der Waals surface area contributed by atoms with E-state index in [1.807, 2.05) is 20.8 Å². The van der Waals surface area contributed by atoms with Crippen LogP contribution in [0.15, 0.2) is 39.2 Å². The Hall–Kier alpha value is -2.01. The molecule has 0 bridgehead atoms. The molecule has 0 unspecified atom stereocenters. The number of benzene rings is 1. The minimum absolute atomic E-state index is 0. The average Bonchev–Trinajstić information content (AvgIpc) is 3.19. The van der Waals surface area contributed by atoms with Gasteiger partial charge < -0.3 is 15.4 Å². The summed E-state index contributed by atoms with van der Waals surface area (Å²) in [5, 5.41) is 7.87. The minimum atomic E-state index is -0.427. The smallest absolute Gasteiger partial charge is 0.310 e. The summed E-state index contributed by atoms with van der Waals surface area (Å²) < 4.78 is 7.68. The molecular formula is C23H30BrClN4O4S. The lowest BCUT2D eigenvalue weighted by atomic mass is 9.92. The standard InChI is InChI=1S/C23H29BrN4O4S.ClH/c1-23(2,3)13-19(29)26-18-5-4-16(12-17(18)24)20(30)27-22-28(10-11-33-22)14-32-21(31)15-6-8-25-9-7-15;/h4-5,10-12,15,25H,6-9,13-14H2,1-3H3,(H,26,29);1H/b27-22-;. The number of nitrogens with zero attached hydrogens (tertiary/aromatic N) is 2. The van der Waals surface area contributed by atoms with Gasteiger partial charge in [0.2, 0.25) is 5.91 Å². The molecule has 1 aliphatic rings. The van der Waals surface area contributed by atoms with Gasteiger partial charge in [-0.15, -0.1) is 23.7 Å². The molecule has 186 valence electrons. The van der Waals surface area contributed by atoms with E-state index < -0.39 is 5.91 Å². The molecule has 8 nitrogen and oxygen atoms in total. The lowest BCUT2D eigenvalue weighted by Gasteiger charge is -2.20. The van der Waals surface area contributed by atoms with Crippen LogP contribution < -0.4 is 15.4 Å². The first-order chi connectivity index (χ1) is 15.6. The number of hydrogen-bond donors (Lipinski definition) is 2. The van der Waals surface area contributed by atoms with Crippen LogP contribution in [-0.4, -0.2) is 35.4 Å². The van der Waals surface area contributed by atoms with Crippen LogP contribution in [0.2, 0.25) is 0 Å². The van der Waals surface area contributed by atoms with Crippen LogP contribution in [0.5, 0.6) is 0 Å². The molecule has 2 amide bonds. The summed E-state index contributed by atoms with van der Waals surface area (Å²) in [6.45, 7) is 7.63. The molecule has 0 spiro atoms. The Labute approximate surface area is 217 Å². The highest BCUT2D eigenvalue weighted by Gasteiger charge is 2.22. The van der Waals surface area contributed by atoms with Gasteiger partial charge in [-0.3, -0.25) is 19.0 Å². The zero-order chi connectivity index (χ0) is 24.0. The van der Waals surface area contributed by atoms with Crippen LogP contribution in [0.3, 0.4) is 0 Å². The normalized spacial score (nSPS) is 14.9.